The lowest BCUT2D eigenvalue weighted by molar-refractivity contribution is 0.469. The molecule has 0 aliphatic heterocycles. The highest BCUT2D eigenvalue weighted by molar-refractivity contribution is 4.96. The van der Waals surface area contributed by atoms with Gasteiger partial charge in [0.1, 0.15) is 0 Å². The molecule has 12 heavy (non-hydrogen) atoms. The van der Waals surface area contributed by atoms with Crippen LogP contribution in [0.2, 0.25) is 0 Å². The summed E-state index contributed by atoms with van der Waals surface area (Å²) in [7, 11) is 0. The van der Waals surface area contributed by atoms with Crippen LogP contribution in [-0.2, 0) is 0 Å². The van der Waals surface area contributed by atoms with Crippen LogP contribution in [0.4, 0.5) is 0 Å². The van der Waals surface area contributed by atoms with Gasteiger partial charge < -0.3 is 0 Å². The van der Waals surface area contributed by atoms with Gasteiger partial charge in [0.05, 0.1) is 0 Å². The monoisotopic (exact) mass is 170 g/mol. The van der Waals surface area contributed by atoms with Gasteiger partial charge in [0.15, 0.2) is 0 Å². The van der Waals surface area contributed by atoms with E-state index in [1.165, 1.54) is 0 Å². The van der Waals surface area contributed by atoms with E-state index in [-0.39, 0.29) is 12.8 Å². The molecule has 0 spiro atoms. The van der Waals surface area contributed by atoms with E-state index in [0.29, 0.717) is 5.41 Å². The van der Waals surface area contributed by atoms with Crippen LogP contribution >= 0.6 is 0 Å². The smallest absolute Gasteiger partial charge is 0.0227 e. The van der Waals surface area contributed by atoms with Crippen molar-refractivity contribution in [2.75, 3.05) is 0 Å². The molecule has 0 aliphatic carbocycles. The molecule has 0 bridgehead atoms. The van der Waals surface area contributed by atoms with Crippen LogP contribution in [-0.4, -0.2) is 0 Å². The minimum absolute atomic E-state index is 0. The molecule has 0 aromatic rings. The first kappa shape index (κ1) is 17.6. The van der Waals surface area contributed by atoms with Crippen LogP contribution in [0, 0.1) is 23.2 Å². The molecule has 0 atom stereocenters. The van der Waals surface area contributed by atoms with E-state index >= 15 is 0 Å². The molecule has 0 saturated heterocycles. The fourth-order valence-electron chi connectivity index (χ4n) is 0. The second-order valence-corrected chi connectivity index (χ2v) is 5.39. The molecule has 0 heterocycles. The summed E-state index contributed by atoms with van der Waals surface area (Å²) in [5.74, 6) is 2.60. The van der Waals surface area contributed by atoms with E-state index in [0.717, 1.165) is 0 Å². The van der Waals surface area contributed by atoms with Crippen LogP contribution in [0.1, 0.15) is 55.9 Å². The minimum atomic E-state index is 0. The zero-order valence-corrected chi connectivity index (χ0v) is 9.08. The Morgan fingerprint density at radius 3 is 0.917 bits per heavy atom. The Morgan fingerprint density at radius 2 is 0.917 bits per heavy atom. The maximum Gasteiger partial charge on any atom is 0.0227 e. The van der Waals surface area contributed by atoms with E-state index in [1.807, 2.05) is 20.8 Å². The fourth-order valence-corrected chi connectivity index (χ4v) is 0. The highest BCUT2D eigenvalue weighted by Gasteiger charge is 2.00. The van der Waals surface area contributed by atoms with E-state index < -0.39 is 0 Å². The van der Waals surface area contributed by atoms with Crippen LogP contribution in [0.25, 0.3) is 0 Å². The van der Waals surface area contributed by atoms with Crippen molar-refractivity contribution in [2.24, 2.45) is 10.8 Å². The van der Waals surface area contributed by atoms with Crippen molar-refractivity contribution >= 4 is 0 Å². The maximum atomic E-state index is 5.06. The zero-order valence-electron chi connectivity index (χ0n) is 9.08. The summed E-state index contributed by atoms with van der Waals surface area (Å²) in [6, 6.07) is 0. The molecule has 0 nitrogen and oxygen atoms in total. The Kier molecular flexibility index (Phi) is 8.97. The number of hydrogen-bond donors (Lipinski definition) is 0. The normalized spacial score (nSPS) is 10.2. The first-order valence-electron chi connectivity index (χ1n) is 4.04. The number of rotatable bonds is 0. The van der Waals surface area contributed by atoms with Crippen LogP contribution in [0.5, 0.6) is 0 Å². The highest BCUT2D eigenvalue weighted by Crippen LogP contribution is 2.08. The van der Waals surface area contributed by atoms with E-state index in [1.54, 1.807) is 0 Å². The molecule has 0 N–H and O–H groups in total. The molecule has 0 aliphatic rings. The van der Waals surface area contributed by atoms with Gasteiger partial charge in [0.25, 0.3) is 0 Å². The van der Waals surface area contributed by atoms with E-state index in [9.17, 15) is 0 Å². The van der Waals surface area contributed by atoms with Gasteiger partial charge in [0, 0.05) is 5.41 Å². The molecule has 0 unspecified atom stereocenters. The molecule has 0 rings (SSSR count). The summed E-state index contributed by atoms with van der Waals surface area (Å²) in [5, 5.41) is 0. The maximum absolute atomic E-state index is 5.06. The average molecular weight is 170 g/mol. The molecule has 0 fully saturated rings. The second kappa shape index (κ2) is 6.12. The van der Waals surface area contributed by atoms with Crippen molar-refractivity contribution in [3.05, 3.63) is 0 Å². The average Bonchev–Trinajstić information content (AvgIpc) is 1.59. The minimum Gasteiger partial charge on any atom is -0.120 e. The summed E-state index contributed by atoms with van der Waals surface area (Å²) in [6.07, 6.45) is 5.06. The SMILES string of the molecule is C.C#CC(C)(C)C.CC(C)(C)C. The topological polar surface area (TPSA) is 0 Å². The van der Waals surface area contributed by atoms with Crippen molar-refractivity contribution in [1.82, 2.24) is 0 Å². The molecule has 74 valence electrons. The third kappa shape index (κ3) is 107. The standard InChI is InChI=1S/C6H10.C5H12.CH4/c1-5-6(2,3)4;1-5(2,3)4;/h1H,2-4H3;1-4H3;1H4. The quantitative estimate of drug-likeness (QED) is 0.474. The Labute approximate surface area is 79.8 Å². The molecule has 0 aromatic heterocycles. The Morgan fingerprint density at radius 1 is 0.833 bits per heavy atom. The second-order valence-electron chi connectivity index (χ2n) is 5.39. The molecular weight excluding hydrogens is 144 g/mol. The summed E-state index contributed by atoms with van der Waals surface area (Å²) < 4.78 is 0. The van der Waals surface area contributed by atoms with Gasteiger partial charge in [-0.1, -0.05) is 35.1 Å². The van der Waals surface area contributed by atoms with Gasteiger partial charge in [-0.05, 0) is 26.2 Å². The molecule has 0 aromatic carbocycles. The third-order valence-electron chi connectivity index (χ3n) is 0.433. The van der Waals surface area contributed by atoms with Crippen molar-refractivity contribution in [2.45, 2.75) is 55.9 Å². The lowest BCUT2D eigenvalue weighted by Gasteiger charge is -2.05. The van der Waals surface area contributed by atoms with Crippen LogP contribution in [0.3, 0.4) is 0 Å². The van der Waals surface area contributed by atoms with Gasteiger partial charge in [-0.25, -0.2) is 0 Å². The molecule has 0 saturated carbocycles. The number of hydrogen-bond acceptors (Lipinski definition) is 0. The lowest BCUT2D eigenvalue weighted by Crippen LogP contribution is -1.97. The van der Waals surface area contributed by atoms with Gasteiger partial charge in [0.2, 0.25) is 0 Å². The first-order chi connectivity index (χ1) is 4.56. The molecule has 0 radical (unpaired) electrons. The van der Waals surface area contributed by atoms with Crippen LogP contribution in [0.15, 0.2) is 0 Å². The predicted molar refractivity (Wildman–Crippen MR) is 60.1 cm³/mol. The van der Waals surface area contributed by atoms with Crippen LogP contribution < -0.4 is 0 Å². The van der Waals surface area contributed by atoms with Gasteiger partial charge in [-0.3, -0.25) is 0 Å². The molecule has 0 heteroatoms. The molecular formula is C12H26. The summed E-state index contributed by atoms with van der Waals surface area (Å²) >= 11 is 0. The summed E-state index contributed by atoms with van der Waals surface area (Å²) in [5.41, 5.74) is 0.569. The van der Waals surface area contributed by atoms with E-state index in [4.69, 9.17) is 6.42 Å². The first-order valence-corrected chi connectivity index (χ1v) is 4.04. The Hall–Kier alpha value is -0.440. The van der Waals surface area contributed by atoms with Crippen molar-refractivity contribution in [1.29, 1.82) is 0 Å². The zero-order chi connectivity index (χ0) is 9.71. The summed E-state index contributed by atoms with van der Waals surface area (Å²) in [6.45, 7) is 14.8. The highest BCUT2D eigenvalue weighted by atomic mass is 14.0. The predicted octanol–water partition coefficient (Wildman–Crippen LogP) is 4.35. The lowest BCUT2D eigenvalue weighted by atomic mass is 9.99. The van der Waals surface area contributed by atoms with Gasteiger partial charge in [-0.15, -0.1) is 12.3 Å². The number of terminal acetylenes is 1. The molecule has 0 amide bonds. The summed E-state index contributed by atoms with van der Waals surface area (Å²) in [4.78, 5) is 0. The van der Waals surface area contributed by atoms with E-state index in [2.05, 4.69) is 33.6 Å². The fraction of sp³-hybridized carbons (Fsp3) is 0.833. The van der Waals surface area contributed by atoms with Crippen molar-refractivity contribution < 1.29 is 0 Å². The van der Waals surface area contributed by atoms with Crippen molar-refractivity contribution in [3.63, 3.8) is 0 Å². The third-order valence-corrected chi connectivity index (χ3v) is 0.433. The van der Waals surface area contributed by atoms with Gasteiger partial charge >= 0.3 is 0 Å². The van der Waals surface area contributed by atoms with Gasteiger partial charge in [-0.2, -0.15) is 0 Å². The van der Waals surface area contributed by atoms with Crippen molar-refractivity contribution in [3.8, 4) is 12.3 Å². The Balaban J connectivity index is -0.000000126. The Bertz CT molecular complexity index is 116. The largest absolute Gasteiger partial charge is 0.120 e.